The van der Waals surface area contributed by atoms with Crippen LogP contribution in [0.25, 0.3) is 0 Å². The van der Waals surface area contributed by atoms with Gasteiger partial charge in [-0.15, -0.1) is 6.58 Å². The van der Waals surface area contributed by atoms with Gasteiger partial charge in [-0.1, -0.05) is 33.8 Å². The highest BCUT2D eigenvalue weighted by atomic mass is 16.7. The van der Waals surface area contributed by atoms with Crippen LogP contribution < -0.4 is 0 Å². The van der Waals surface area contributed by atoms with Gasteiger partial charge in [-0.05, 0) is 99.7 Å². The number of hydrogen-bond acceptors (Lipinski definition) is 13. The SMILES string of the molecule is C=CCO[C@]1(C)C[C@@H](C)CN2CN3C(=O)O[C@](C)([C@@H](CC)OC(=O)[C@H](Cc4cnn(C(=O)OC(C)(C)C)c4)C(=O)[C@H](C)[C@H]1O[C@@H]1OC(C)CC(N(C)C)C1C)[C@H]3[C@H]2C. The van der Waals surface area contributed by atoms with E-state index in [4.69, 9.17) is 28.4 Å². The summed E-state index contributed by atoms with van der Waals surface area (Å²) in [5, 5.41) is 4.22. The number of cyclic esters (lactones) is 1. The van der Waals surface area contributed by atoms with Gasteiger partial charge in [-0.2, -0.15) is 9.78 Å². The normalized spacial score (nSPS) is 38.9. The fraction of sp³-hybridized carbons (Fsp3) is 0.791. The molecule has 0 spiro atoms. The summed E-state index contributed by atoms with van der Waals surface area (Å²) in [6, 6.07) is -0.399. The molecule has 0 N–H and O–H groups in total. The highest BCUT2D eigenvalue weighted by Gasteiger charge is 2.63. The van der Waals surface area contributed by atoms with E-state index >= 15 is 4.79 Å². The second-order valence-electron chi connectivity index (χ2n) is 18.9. The first kappa shape index (κ1) is 45.7. The number of esters is 1. The van der Waals surface area contributed by atoms with Crippen LogP contribution in [-0.2, 0) is 44.4 Å². The van der Waals surface area contributed by atoms with Gasteiger partial charge in [0.2, 0.25) is 0 Å². The molecule has 14 atom stereocenters. The largest absolute Gasteiger partial charge is 0.457 e. The molecular formula is C43H69N5O10. The molecule has 15 nitrogen and oxygen atoms in total. The van der Waals surface area contributed by atoms with Crippen LogP contribution in [0.15, 0.2) is 25.0 Å². The van der Waals surface area contributed by atoms with Crippen molar-refractivity contribution in [3.05, 3.63) is 30.6 Å². The van der Waals surface area contributed by atoms with Crippen molar-refractivity contribution in [3.63, 3.8) is 0 Å². The molecule has 0 aromatic carbocycles. The fourth-order valence-electron chi connectivity index (χ4n) is 9.90. The lowest BCUT2D eigenvalue weighted by Crippen LogP contribution is -2.57. The number of ether oxygens (including phenoxy) is 6. The predicted molar refractivity (Wildman–Crippen MR) is 216 cm³/mol. The average Bonchev–Trinajstić information content (AvgIpc) is 3.81. The Labute approximate surface area is 345 Å². The van der Waals surface area contributed by atoms with Gasteiger partial charge in [0.25, 0.3) is 0 Å². The van der Waals surface area contributed by atoms with Crippen molar-refractivity contribution in [2.75, 3.05) is 33.9 Å². The summed E-state index contributed by atoms with van der Waals surface area (Å²) in [4.78, 5) is 62.6. The Kier molecular flexibility index (Phi) is 13.9. The maximum absolute atomic E-state index is 15.3. The Morgan fingerprint density at radius 1 is 1.12 bits per heavy atom. The molecule has 4 saturated heterocycles. The number of amides is 1. The van der Waals surface area contributed by atoms with Crippen LogP contribution in [0.1, 0.15) is 101 Å². The molecule has 4 unspecified atom stereocenters. The molecule has 1 amide bonds. The summed E-state index contributed by atoms with van der Waals surface area (Å²) in [6.45, 7) is 26.1. The average molecular weight is 816 g/mol. The number of fused-ring (bicyclic) bond motifs is 1. The molecule has 2 bridgehead atoms. The van der Waals surface area contributed by atoms with Gasteiger partial charge in [0.05, 0.1) is 43.3 Å². The third kappa shape index (κ3) is 9.48. The topological polar surface area (TPSA) is 151 Å². The molecule has 4 aliphatic rings. The Morgan fingerprint density at radius 3 is 2.43 bits per heavy atom. The van der Waals surface area contributed by atoms with Gasteiger partial charge in [-0.3, -0.25) is 19.4 Å². The number of hydrogen-bond donors (Lipinski definition) is 0. The molecule has 15 heteroatoms. The van der Waals surface area contributed by atoms with Crippen molar-refractivity contribution in [1.29, 1.82) is 0 Å². The lowest BCUT2D eigenvalue weighted by atomic mass is 9.77. The second kappa shape index (κ2) is 17.7. The van der Waals surface area contributed by atoms with Crippen LogP contribution in [0.4, 0.5) is 9.59 Å². The summed E-state index contributed by atoms with van der Waals surface area (Å²) in [7, 11) is 4.09. The van der Waals surface area contributed by atoms with Crippen molar-refractivity contribution < 1.29 is 47.6 Å². The molecule has 326 valence electrons. The van der Waals surface area contributed by atoms with Crippen molar-refractivity contribution in [2.45, 2.75) is 161 Å². The molecule has 1 aromatic rings. The maximum Gasteiger partial charge on any atom is 0.435 e. The molecular weight excluding hydrogens is 746 g/mol. The first-order chi connectivity index (χ1) is 27.0. The minimum Gasteiger partial charge on any atom is -0.457 e. The van der Waals surface area contributed by atoms with Crippen molar-refractivity contribution >= 4 is 23.9 Å². The Hall–Kier alpha value is -3.37. The Morgan fingerprint density at radius 2 is 1.81 bits per heavy atom. The molecule has 0 radical (unpaired) electrons. The van der Waals surface area contributed by atoms with Crippen molar-refractivity contribution in [3.8, 4) is 0 Å². The van der Waals surface area contributed by atoms with Gasteiger partial charge in [0.1, 0.15) is 17.6 Å². The zero-order valence-electron chi connectivity index (χ0n) is 37.1. The highest BCUT2D eigenvalue weighted by Crippen LogP contribution is 2.44. The van der Waals surface area contributed by atoms with Crippen LogP contribution in [0, 0.1) is 23.7 Å². The Bertz CT molecular complexity index is 1660. The van der Waals surface area contributed by atoms with Crippen molar-refractivity contribution in [1.82, 2.24) is 24.5 Å². The summed E-state index contributed by atoms with van der Waals surface area (Å²) in [6.07, 6.45) is 2.36. The monoisotopic (exact) mass is 816 g/mol. The summed E-state index contributed by atoms with van der Waals surface area (Å²) in [5.41, 5.74) is -2.58. The highest BCUT2D eigenvalue weighted by molar-refractivity contribution is 6.00. The quantitative estimate of drug-likeness (QED) is 0.130. The predicted octanol–water partition coefficient (Wildman–Crippen LogP) is 5.68. The van der Waals surface area contributed by atoms with E-state index in [0.717, 1.165) is 11.1 Å². The summed E-state index contributed by atoms with van der Waals surface area (Å²) < 4.78 is 39.3. The molecule has 4 fully saturated rings. The number of carbonyl (C=O) groups excluding carboxylic acids is 4. The minimum atomic E-state index is -1.36. The summed E-state index contributed by atoms with van der Waals surface area (Å²) in [5.74, 6) is -3.54. The number of aromatic nitrogens is 2. The van der Waals surface area contributed by atoms with E-state index in [1.807, 2.05) is 41.8 Å². The fourth-order valence-corrected chi connectivity index (χ4v) is 9.90. The van der Waals surface area contributed by atoms with Crippen LogP contribution in [0.5, 0.6) is 0 Å². The van der Waals surface area contributed by atoms with Gasteiger partial charge >= 0.3 is 18.2 Å². The first-order valence-corrected chi connectivity index (χ1v) is 21.0. The van der Waals surface area contributed by atoms with E-state index in [9.17, 15) is 14.4 Å². The van der Waals surface area contributed by atoms with Crippen LogP contribution in [0.2, 0.25) is 0 Å². The molecule has 0 saturated carbocycles. The number of nitrogens with zero attached hydrogens (tertiary/aromatic N) is 5. The maximum atomic E-state index is 15.3. The van der Waals surface area contributed by atoms with E-state index in [-0.39, 0.29) is 43.1 Å². The van der Waals surface area contributed by atoms with E-state index in [1.165, 1.54) is 12.4 Å². The third-order valence-corrected chi connectivity index (χ3v) is 12.6. The van der Waals surface area contributed by atoms with Crippen LogP contribution in [0.3, 0.4) is 0 Å². The smallest absolute Gasteiger partial charge is 0.435 e. The lowest BCUT2D eigenvalue weighted by molar-refractivity contribution is -0.282. The van der Waals surface area contributed by atoms with E-state index in [1.54, 1.807) is 38.7 Å². The third-order valence-electron chi connectivity index (χ3n) is 12.6. The molecule has 5 rings (SSSR count). The lowest BCUT2D eigenvalue weighted by Gasteiger charge is -2.48. The summed E-state index contributed by atoms with van der Waals surface area (Å²) >= 11 is 0. The zero-order valence-corrected chi connectivity index (χ0v) is 37.1. The van der Waals surface area contributed by atoms with Gasteiger partial charge < -0.3 is 33.3 Å². The number of Topliss-reactive ketones (excluding diaryl/α,β-unsaturated/α-hetero) is 1. The van der Waals surface area contributed by atoms with E-state index in [0.29, 0.717) is 31.6 Å². The van der Waals surface area contributed by atoms with E-state index in [2.05, 4.69) is 42.2 Å². The number of ketones is 1. The second-order valence-corrected chi connectivity index (χ2v) is 18.9. The van der Waals surface area contributed by atoms with Crippen LogP contribution in [-0.4, -0.2) is 142 Å². The van der Waals surface area contributed by atoms with Crippen molar-refractivity contribution in [2.24, 2.45) is 23.7 Å². The van der Waals surface area contributed by atoms with E-state index < -0.39 is 77.1 Å². The van der Waals surface area contributed by atoms with Gasteiger partial charge in [0, 0.05) is 36.7 Å². The van der Waals surface area contributed by atoms with Crippen LogP contribution >= 0.6 is 0 Å². The molecule has 0 aliphatic carbocycles. The zero-order chi connectivity index (χ0) is 43.1. The minimum absolute atomic E-state index is 0.00517. The first-order valence-electron chi connectivity index (χ1n) is 21.0. The molecule has 1 aromatic heterocycles. The molecule has 4 aliphatic heterocycles. The van der Waals surface area contributed by atoms with Gasteiger partial charge in [0.15, 0.2) is 17.7 Å². The molecule has 5 heterocycles. The standard InChI is InChI=1S/C43H69N5O10/c1-15-17-53-42(11)20-25(3)22-46-24-47-35(29(46)7)43(12,58-39(47)51)33(16-2)55-37(50)31(19-30-21-44-48(23-30)40(52)57-41(8,9)10)34(49)28(6)36(42)56-38-27(5)32(45(13)14)18-26(4)54-38/h15,21,23,25-29,31-33,35-36,38H,1,16-20,22,24H2,2-14H3/t25-,26?,27?,28+,29-,31-,32?,33-,35-,36-,38+,42-,43-/m1/s1. The number of rotatable bonds is 9. The molecule has 58 heavy (non-hydrogen) atoms. The Balaban J connectivity index is 1.63. The van der Waals surface area contributed by atoms with Gasteiger partial charge in [-0.25, -0.2) is 9.59 Å². The number of carbonyl (C=O) groups is 4.